The third kappa shape index (κ3) is 5.06. The number of carbonyl (C=O) groups is 1. The van der Waals surface area contributed by atoms with Gasteiger partial charge in [0.05, 0.1) is 5.02 Å². The van der Waals surface area contributed by atoms with Crippen LogP contribution in [0.15, 0.2) is 22.7 Å². The van der Waals surface area contributed by atoms with Crippen molar-refractivity contribution in [2.75, 3.05) is 19.8 Å². The lowest BCUT2D eigenvalue weighted by Gasteiger charge is -2.06. The van der Waals surface area contributed by atoms with Crippen molar-refractivity contribution >= 4 is 33.4 Å². The molecule has 0 radical (unpaired) electrons. The Bertz CT molecular complexity index is 385. The van der Waals surface area contributed by atoms with Crippen LogP contribution in [-0.4, -0.2) is 25.7 Å². The first-order valence-corrected chi connectivity index (χ1v) is 6.63. The Morgan fingerprint density at radius 2 is 2.29 bits per heavy atom. The van der Waals surface area contributed by atoms with Gasteiger partial charge in [-0.25, -0.2) is 0 Å². The molecule has 0 aliphatic heterocycles. The normalized spacial score (nSPS) is 10.3. The van der Waals surface area contributed by atoms with Gasteiger partial charge in [0.15, 0.2) is 0 Å². The predicted molar refractivity (Wildman–Crippen MR) is 72.6 cm³/mol. The lowest BCUT2D eigenvalue weighted by molar-refractivity contribution is 0.0944. The quantitative estimate of drug-likeness (QED) is 0.817. The van der Waals surface area contributed by atoms with Crippen molar-refractivity contribution in [2.24, 2.45) is 0 Å². The van der Waals surface area contributed by atoms with E-state index in [-0.39, 0.29) is 5.91 Å². The predicted octanol–water partition coefficient (Wildman–Crippen LogP) is 3.26. The minimum absolute atomic E-state index is 0.115. The number of rotatable bonds is 6. The molecule has 0 bridgehead atoms. The van der Waals surface area contributed by atoms with E-state index in [2.05, 4.69) is 21.2 Å². The summed E-state index contributed by atoms with van der Waals surface area (Å²) in [4.78, 5) is 11.7. The zero-order valence-corrected chi connectivity index (χ0v) is 12.0. The van der Waals surface area contributed by atoms with Crippen LogP contribution in [0.25, 0.3) is 0 Å². The molecule has 0 unspecified atom stereocenters. The summed E-state index contributed by atoms with van der Waals surface area (Å²) >= 11 is 9.19. The molecule has 1 aromatic carbocycles. The van der Waals surface area contributed by atoms with Crippen LogP contribution in [0.2, 0.25) is 5.02 Å². The highest BCUT2D eigenvalue weighted by atomic mass is 79.9. The fraction of sp³-hybridized carbons (Fsp3) is 0.417. The van der Waals surface area contributed by atoms with Crippen molar-refractivity contribution in [1.82, 2.24) is 5.32 Å². The second-order valence-corrected chi connectivity index (χ2v) is 4.70. The van der Waals surface area contributed by atoms with Crippen LogP contribution in [0.3, 0.4) is 0 Å². The van der Waals surface area contributed by atoms with Crippen LogP contribution in [-0.2, 0) is 4.74 Å². The molecule has 0 heterocycles. The average Bonchev–Trinajstić information content (AvgIpc) is 2.32. The molecule has 0 aliphatic rings. The van der Waals surface area contributed by atoms with Gasteiger partial charge in [-0.05, 0) is 47.5 Å². The summed E-state index contributed by atoms with van der Waals surface area (Å²) < 4.78 is 5.96. The average molecular weight is 321 g/mol. The topological polar surface area (TPSA) is 38.3 Å². The molecule has 1 N–H and O–H groups in total. The first-order chi connectivity index (χ1) is 8.15. The molecule has 1 aromatic rings. The van der Waals surface area contributed by atoms with E-state index in [4.69, 9.17) is 16.3 Å². The zero-order chi connectivity index (χ0) is 12.7. The lowest BCUT2D eigenvalue weighted by Crippen LogP contribution is -2.25. The molecule has 0 saturated carbocycles. The molecule has 0 atom stereocenters. The molecule has 0 aromatic heterocycles. The summed E-state index contributed by atoms with van der Waals surface area (Å²) in [6.45, 7) is 3.92. The van der Waals surface area contributed by atoms with Gasteiger partial charge in [0.1, 0.15) is 0 Å². The SMILES string of the molecule is CCOCCCNC(=O)c1ccc(Br)c(Cl)c1. The van der Waals surface area contributed by atoms with Crippen molar-refractivity contribution in [3.05, 3.63) is 33.3 Å². The summed E-state index contributed by atoms with van der Waals surface area (Å²) in [7, 11) is 0. The van der Waals surface area contributed by atoms with Gasteiger partial charge in [-0.1, -0.05) is 11.6 Å². The van der Waals surface area contributed by atoms with E-state index in [9.17, 15) is 4.79 Å². The highest BCUT2D eigenvalue weighted by Crippen LogP contribution is 2.22. The van der Waals surface area contributed by atoms with E-state index >= 15 is 0 Å². The van der Waals surface area contributed by atoms with Gasteiger partial charge in [-0.3, -0.25) is 4.79 Å². The Kier molecular flexibility index (Phi) is 6.55. The fourth-order valence-corrected chi connectivity index (χ4v) is 1.69. The molecular formula is C12H15BrClNO2. The molecule has 1 amide bonds. The minimum Gasteiger partial charge on any atom is -0.382 e. The summed E-state index contributed by atoms with van der Waals surface area (Å²) in [5.41, 5.74) is 0.564. The minimum atomic E-state index is -0.115. The number of hydrogen-bond donors (Lipinski definition) is 1. The highest BCUT2D eigenvalue weighted by Gasteiger charge is 2.06. The van der Waals surface area contributed by atoms with Crippen LogP contribution < -0.4 is 5.32 Å². The molecule has 94 valence electrons. The fourth-order valence-electron chi connectivity index (χ4n) is 1.26. The number of hydrogen-bond acceptors (Lipinski definition) is 2. The largest absolute Gasteiger partial charge is 0.382 e. The first-order valence-electron chi connectivity index (χ1n) is 5.46. The third-order valence-corrected chi connectivity index (χ3v) is 3.37. The Morgan fingerprint density at radius 1 is 1.53 bits per heavy atom. The maximum Gasteiger partial charge on any atom is 0.251 e. The van der Waals surface area contributed by atoms with E-state index < -0.39 is 0 Å². The molecule has 0 aliphatic carbocycles. The number of benzene rings is 1. The van der Waals surface area contributed by atoms with Crippen LogP contribution in [0.1, 0.15) is 23.7 Å². The number of ether oxygens (including phenoxy) is 1. The second kappa shape index (κ2) is 7.69. The molecule has 1 rings (SSSR count). The molecule has 3 nitrogen and oxygen atoms in total. The zero-order valence-electron chi connectivity index (χ0n) is 9.63. The Labute approximate surface area is 115 Å². The number of nitrogens with one attached hydrogen (secondary N) is 1. The standard InChI is InChI=1S/C12H15BrClNO2/c1-2-17-7-3-6-15-12(16)9-4-5-10(13)11(14)8-9/h4-5,8H,2-3,6-7H2,1H3,(H,15,16). The Balaban J connectivity index is 2.39. The second-order valence-electron chi connectivity index (χ2n) is 3.44. The number of carbonyl (C=O) groups excluding carboxylic acids is 1. The van der Waals surface area contributed by atoms with Gasteiger partial charge in [0.2, 0.25) is 0 Å². The Hall–Kier alpha value is -0.580. The van der Waals surface area contributed by atoms with E-state index in [1.165, 1.54) is 0 Å². The van der Waals surface area contributed by atoms with E-state index in [1.54, 1.807) is 18.2 Å². The van der Waals surface area contributed by atoms with Crippen LogP contribution >= 0.6 is 27.5 Å². The molecule has 0 fully saturated rings. The van der Waals surface area contributed by atoms with Gasteiger partial charge < -0.3 is 10.1 Å². The van der Waals surface area contributed by atoms with E-state index in [0.717, 1.165) is 10.9 Å². The van der Waals surface area contributed by atoms with Crippen molar-refractivity contribution in [3.63, 3.8) is 0 Å². The van der Waals surface area contributed by atoms with E-state index in [1.807, 2.05) is 6.92 Å². The van der Waals surface area contributed by atoms with Gasteiger partial charge in [0.25, 0.3) is 5.91 Å². The number of halogens is 2. The molecule has 0 spiro atoms. The number of amides is 1. The van der Waals surface area contributed by atoms with Crippen molar-refractivity contribution < 1.29 is 9.53 Å². The van der Waals surface area contributed by atoms with Gasteiger partial charge in [0, 0.05) is 29.8 Å². The van der Waals surface area contributed by atoms with Gasteiger partial charge in [-0.2, -0.15) is 0 Å². The highest BCUT2D eigenvalue weighted by molar-refractivity contribution is 9.10. The summed E-state index contributed by atoms with van der Waals surface area (Å²) in [6, 6.07) is 5.13. The monoisotopic (exact) mass is 319 g/mol. The lowest BCUT2D eigenvalue weighted by atomic mass is 10.2. The molecule has 0 saturated heterocycles. The molecule has 5 heteroatoms. The van der Waals surface area contributed by atoms with Crippen molar-refractivity contribution in [2.45, 2.75) is 13.3 Å². The summed E-state index contributed by atoms with van der Waals surface area (Å²) in [5.74, 6) is -0.115. The van der Waals surface area contributed by atoms with Gasteiger partial charge >= 0.3 is 0 Å². The molecular weight excluding hydrogens is 305 g/mol. The van der Waals surface area contributed by atoms with Gasteiger partial charge in [-0.15, -0.1) is 0 Å². The van der Waals surface area contributed by atoms with Crippen molar-refractivity contribution in [1.29, 1.82) is 0 Å². The van der Waals surface area contributed by atoms with E-state index in [0.29, 0.717) is 30.3 Å². The Morgan fingerprint density at radius 3 is 2.94 bits per heavy atom. The van der Waals surface area contributed by atoms with Crippen LogP contribution in [0.4, 0.5) is 0 Å². The smallest absolute Gasteiger partial charge is 0.251 e. The maximum atomic E-state index is 11.7. The summed E-state index contributed by atoms with van der Waals surface area (Å²) in [6.07, 6.45) is 0.809. The van der Waals surface area contributed by atoms with Crippen LogP contribution in [0.5, 0.6) is 0 Å². The summed E-state index contributed by atoms with van der Waals surface area (Å²) in [5, 5.41) is 3.35. The first kappa shape index (κ1) is 14.5. The molecule has 17 heavy (non-hydrogen) atoms. The maximum absolute atomic E-state index is 11.7. The third-order valence-electron chi connectivity index (χ3n) is 2.14. The van der Waals surface area contributed by atoms with Crippen LogP contribution in [0, 0.1) is 0 Å². The van der Waals surface area contributed by atoms with Crippen molar-refractivity contribution in [3.8, 4) is 0 Å².